The standard InChI is InChI=1S/C13H13F5/c1-7(2)8-3-9(11-6-12(11,14)15)5-10(4-8)13(16,17)18/h3-5,7,11H,6H2,1-2H3. The third-order valence-electron chi connectivity index (χ3n) is 3.20. The van der Waals surface area contributed by atoms with Gasteiger partial charge in [-0.1, -0.05) is 19.9 Å². The lowest BCUT2D eigenvalue weighted by Crippen LogP contribution is -2.08. The Balaban J connectivity index is 2.45. The van der Waals surface area contributed by atoms with E-state index in [1.165, 1.54) is 6.07 Å². The molecule has 1 fully saturated rings. The molecule has 0 aromatic heterocycles. The summed E-state index contributed by atoms with van der Waals surface area (Å²) >= 11 is 0. The molecule has 0 N–H and O–H groups in total. The molecule has 100 valence electrons. The highest BCUT2D eigenvalue weighted by Gasteiger charge is 2.57. The van der Waals surface area contributed by atoms with Crippen molar-refractivity contribution in [2.45, 2.75) is 44.2 Å². The lowest BCUT2D eigenvalue weighted by Gasteiger charge is -2.14. The fourth-order valence-corrected chi connectivity index (χ4v) is 1.95. The summed E-state index contributed by atoms with van der Waals surface area (Å²) < 4.78 is 64.0. The van der Waals surface area contributed by atoms with Gasteiger partial charge >= 0.3 is 6.18 Å². The van der Waals surface area contributed by atoms with Crippen molar-refractivity contribution in [2.75, 3.05) is 0 Å². The maximum absolute atomic E-state index is 13.0. The number of halogens is 5. The van der Waals surface area contributed by atoms with Crippen LogP contribution in [-0.4, -0.2) is 5.92 Å². The second-order valence-corrected chi connectivity index (χ2v) is 5.06. The maximum atomic E-state index is 13.0. The molecule has 0 spiro atoms. The number of hydrogen-bond donors (Lipinski definition) is 0. The minimum atomic E-state index is -4.50. The smallest absolute Gasteiger partial charge is 0.206 e. The molecule has 1 saturated carbocycles. The minimum Gasteiger partial charge on any atom is -0.206 e. The summed E-state index contributed by atoms with van der Waals surface area (Å²) in [5.41, 5.74) is -0.299. The Morgan fingerprint density at radius 1 is 1.17 bits per heavy atom. The average molecular weight is 264 g/mol. The summed E-state index contributed by atoms with van der Waals surface area (Å²) in [5, 5.41) is 0. The van der Waals surface area contributed by atoms with E-state index in [9.17, 15) is 22.0 Å². The average Bonchev–Trinajstić information content (AvgIpc) is 2.86. The zero-order chi connectivity index (χ0) is 13.7. The largest absolute Gasteiger partial charge is 0.416 e. The van der Waals surface area contributed by atoms with Gasteiger partial charge in [0.2, 0.25) is 0 Å². The van der Waals surface area contributed by atoms with Crippen molar-refractivity contribution in [1.29, 1.82) is 0 Å². The highest BCUT2D eigenvalue weighted by atomic mass is 19.4. The molecule has 0 radical (unpaired) electrons. The first-order valence-corrected chi connectivity index (χ1v) is 5.71. The van der Waals surface area contributed by atoms with Crippen LogP contribution in [0.2, 0.25) is 0 Å². The molecular weight excluding hydrogens is 251 g/mol. The van der Waals surface area contributed by atoms with Gasteiger partial charge in [0.15, 0.2) is 0 Å². The van der Waals surface area contributed by atoms with Gasteiger partial charge in [-0.05, 0) is 29.2 Å². The highest BCUT2D eigenvalue weighted by Crippen LogP contribution is 2.56. The van der Waals surface area contributed by atoms with E-state index in [2.05, 4.69) is 0 Å². The zero-order valence-corrected chi connectivity index (χ0v) is 9.98. The van der Waals surface area contributed by atoms with E-state index in [0.717, 1.165) is 12.1 Å². The number of alkyl halides is 5. The lowest BCUT2D eigenvalue weighted by atomic mass is 9.95. The second kappa shape index (κ2) is 3.93. The van der Waals surface area contributed by atoms with Crippen LogP contribution in [0.3, 0.4) is 0 Å². The van der Waals surface area contributed by atoms with E-state index in [0.29, 0.717) is 5.56 Å². The van der Waals surface area contributed by atoms with Crippen LogP contribution in [-0.2, 0) is 6.18 Å². The van der Waals surface area contributed by atoms with Crippen LogP contribution in [0.25, 0.3) is 0 Å². The molecule has 0 aliphatic heterocycles. The van der Waals surface area contributed by atoms with E-state index >= 15 is 0 Å². The summed E-state index contributed by atoms with van der Waals surface area (Å²) in [6.45, 7) is 3.48. The van der Waals surface area contributed by atoms with Gasteiger partial charge < -0.3 is 0 Å². The Kier molecular flexibility index (Phi) is 2.91. The maximum Gasteiger partial charge on any atom is 0.416 e. The van der Waals surface area contributed by atoms with Gasteiger partial charge in [0.05, 0.1) is 11.5 Å². The summed E-state index contributed by atoms with van der Waals surface area (Å²) in [4.78, 5) is 0. The normalized spacial score (nSPS) is 22.3. The molecule has 1 aromatic rings. The third kappa shape index (κ3) is 2.49. The van der Waals surface area contributed by atoms with Gasteiger partial charge in [-0.2, -0.15) is 13.2 Å². The van der Waals surface area contributed by atoms with Gasteiger partial charge in [-0.3, -0.25) is 0 Å². The molecule has 2 rings (SSSR count). The zero-order valence-electron chi connectivity index (χ0n) is 9.98. The molecule has 18 heavy (non-hydrogen) atoms. The molecule has 5 heteroatoms. The van der Waals surface area contributed by atoms with E-state index in [4.69, 9.17) is 0 Å². The molecule has 1 aromatic carbocycles. The van der Waals surface area contributed by atoms with Crippen molar-refractivity contribution < 1.29 is 22.0 Å². The monoisotopic (exact) mass is 264 g/mol. The lowest BCUT2D eigenvalue weighted by molar-refractivity contribution is -0.137. The summed E-state index contributed by atoms with van der Waals surface area (Å²) in [6.07, 6.45) is -4.85. The Bertz CT molecular complexity index is 459. The molecule has 0 saturated heterocycles. The van der Waals surface area contributed by atoms with Gasteiger partial charge in [-0.25, -0.2) is 8.78 Å². The van der Waals surface area contributed by atoms with Crippen LogP contribution < -0.4 is 0 Å². The molecule has 0 bridgehead atoms. The van der Waals surface area contributed by atoms with Crippen molar-refractivity contribution in [3.05, 3.63) is 34.9 Å². The van der Waals surface area contributed by atoms with Gasteiger partial charge in [-0.15, -0.1) is 0 Å². The van der Waals surface area contributed by atoms with Crippen LogP contribution in [0, 0.1) is 0 Å². The van der Waals surface area contributed by atoms with Crippen LogP contribution in [0.1, 0.15) is 48.8 Å². The van der Waals surface area contributed by atoms with Crippen LogP contribution in [0.15, 0.2) is 18.2 Å². The summed E-state index contributed by atoms with van der Waals surface area (Å²) in [5.74, 6) is -4.03. The van der Waals surface area contributed by atoms with E-state index in [1.807, 2.05) is 0 Å². The van der Waals surface area contributed by atoms with Crippen LogP contribution in [0.4, 0.5) is 22.0 Å². The van der Waals surface area contributed by atoms with E-state index in [-0.39, 0.29) is 17.9 Å². The first-order valence-electron chi connectivity index (χ1n) is 5.71. The predicted molar refractivity (Wildman–Crippen MR) is 57.8 cm³/mol. The molecule has 0 heterocycles. The van der Waals surface area contributed by atoms with Crippen LogP contribution >= 0.6 is 0 Å². The molecule has 1 aliphatic carbocycles. The molecule has 1 aliphatic rings. The van der Waals surface area contributed by atoms with Crippen molar-refractivity contribution in [3.8, 4) is 0 Å². The molecule has 0 nitrogen and oxygen atoms in total. The van der Waals surface area contributed by atoms with E-state index < -0.39 is 23.6 Å². The molecular formula is C13H13F5. The van der Waals surface area contributed by atoms with Crippen molar-refractivity contribution in [3.63, 3.8) is 0 Å². The van der Waals surface area contributed by atoms with Crippen molar-refractivity contribution >= 4 is 0 Å². The third-order valence-corrected chi connectivity index (χ3v) is 3.20. The summed E-state index contributed by atoms with van der Waals surface area (Å²) in [7, 11) is 0. The Hall–Kier alpha value is -1.13. The molecule has 1 unspecified atom stereocenters. The second-order valence-electron chi connectivity index (χ2n) is 5.06. The van der Waals surface area contributed by atoms with Crippen molar-refractivity contribution in [2.24, 2.45) is 0 Å². The van der Waals surface area contributed by atoms with Gasteiger partial charge in [0.25, 0.3) is 5.92 Å². The molecule has 1 atom stereocenters. The highest BCUT2D eigenvalue weighted by molar-refractivity contribution is 5.39. The Labute approximate surface area is 102 Å². The SMILES string of the molecule is CC(C)c1cc(C2CC2(F)F)cc(C(F)(F)F)c1. The predicted octanol–water partition coefficient (Wildman–Crippen LogP) is 4.95. The molecule has 0 amide bonds. The van der Waals surface area contributed by atoms with Crippen molar-refractivity contribution in [1.82, 2.24) is 0 Å². The first kappa shape index (κ1) is 13.3. The topological polar surface area (TPSA) is 0 Å². The summed E-state index contributed by atoms with van der Waals surface area (Å²) in [6, 6.07) is 3.34. The first-order chi connectivity index (χ1) is 8.11. The Morgan fingerprint density at radius 2 is 1.72 bits per heavy atom. The van der Waals surface area contributed by atoms with Gasteiger partial charge in [0, 0.05) is 6.42 Å². The Morgan fingerprint density at radius 3 is 2.11 bits per heavy atom. The number of benzene rings is 1. The fourth-order valence-electron chi connectivity index (χ4n) is 1.95. The minimum absolute atomic E-state index is 0.0959. The van der Waals surface area contributed by atoms with Gasteiger partial charge in [0.1, 0.15) is 0 Å². The van der Waals surface area contributed by atoms with Crippen LogP contribution in [0.5, 0.6) is 0 Å². The quantitative estimate of drug-likeness (QED) is 0.663. The van der Waals surface area contributed by atoms with E-state index in [1.54, 1.807) is 13.8 Å². The number of hydrogen-bond acceptors (Lipinski definition) is 0. The number of rotatable bonds is 2. The fraction of sp³-hybridized carbons (Fsp3) is 0.538.